The number of carbonyl (C=O) groups is 2. The van der Waals surface area contributed by atoms with Crippen molar-refractivity contribution < 1.29 is 14.5 Å². The maximum atomic E-state index is 12.4. The topological polar surface area (TPSA) is 101 Å². The Morgan fingerprint density at radius 2 is 1.67 bits per heavy atom. The van der Waals surface area contributed by atoms with E-state index in [4.69, 9.17) is 0 Å². The Balaban J connectivity index is 1.72. The van der Waals surface area contributed by atoms with Gasteiger partial charge in [0.1, 0.15) is 0 Å². The van der Waals surface area contributed by atoms with E-state index in [1.165, 1.54) is 29.5 Å². The number of nitro groups is 1. The van der Waals surface area contributed by atoms with Crippen LogP contribution in [0.15, 0.2) is 60.0 Å². The van der Waals surface area contributed by atoms with E-state index in [1.807, 2.05) is 5.38 Å². The van der Waals surface area contributed by atoms with Crippen LogP contribution in [0.5, 0.6) is 0 Å². The lowest BCUT2D eigenvalue weighted by Crippen LogP contribution is -2.13. The quantitative estimate of drug-likeness (QED) is 0.503. The second-order valence-electron chi connectivity index (χ2n) is 5.72. The molecule has 3 aromatic rings. The lowest BCUT2D eigenvalue weighted by atomic mass is 10.1. The molecule has 0 radical (unpaired) electrons. The van der Waals surface area contributed by atoms with E-state index in [2.05, 4.69) is 10.6 Å². The van der Waals surface area contributed by atoms with Gasteiger partial charge in [0.25, 0.3) is 17.5 Å². The average molecular weight is 381 g/mol. The normalized spacial score (nSPS) is 10.3. The van der Waals surface area contributed by atoms with Gasteiger partial charge in [0.15, 0.2) is 0 Å². The zero-order valence-corrected chi connectivity index (χ0v) is 15.1. The van der Waals surface area contributed by atoms with Gasteiger partial charge < -0.3 is 10.6 Å². The summed E-state index contributed by atoms with van der Waals surface area (Å²) < 4.78 is 0. The fourth-order valence-electron chi connectivity index (χ4n) is 2.48. The summed E-state index contributed by atoms with van der Waals surface area (Å²) in [5.41, 5.74) is 1.73. The van der Waals surface area contributed by atoms with Gasteiger partial charge in [-0.25, -0.2) is 0 Å². The number of thiophene rings is 1. The summed E-state index contributed by atoms with van der Waals surface area (Å²) in [4.78, 5) is 35.5. The Morgan fingerprint density at radius 3 is 2.26 bits per heavy atom. The summed E-state index contributed by atoms with van der Waals surface area (Å²) in [6, 6.07) is 14.5. The molecule has 0 saturated carbocycles. The maximum Gasteiger partial charge on any atom is 0.272 e. The highest BCUT2D eigenvalue weighted by molar-refractivity contribution is 7.12. The molecule has 0 aliphatic rings. The molecule has 0 spiro atoms. The number of nitrogens with zero attached hydrogens (tertiary/aromatic N) is 1. The van der Waals surface area contributed by atoms with Gasteiger partial charge in [-0.2, -0.15) is 0 Å². The van der Waals surface area contributed by atoms with E-state index in [0.29, 0.717) is 27.4 Å². The summed E-state index contributed by atoms with van der Waals surface area (Å²) in [6.45, 7) is 1.58. The van der Waals surface area contributed by atoms with Crippen LogP contribution in [-0.2, 0) is 0 Å². The zero-order chi connectivity index (χ0) is 19.4. The van der Waals surface area contributed by atoms with Crippen molar-refractivity contribution >= 4 is 40.2 Å². The molecule has 0 unspecified atom stereocenters. The molecule has 2 N–H and O–H groups in total. The van der Waals surface area contributed by atoms with Gasteiger partial charge in [-0.05, 0) is 48.7 Å². The summed E-state index contributed by atoms with van der Waals surface area (Å²) in [5.74, 6) is -0.616. The predicted molar refractivity (Wildman–Crippen MR) is 105 cm³/mol. The number of hydrogen-bond donors (Lipinski definition) is 2. The molecule has 27 heavy (non-hydrogen) atoms. The SMILES string of the molecule is Cc1cc(C(=O)Nc2cccc(NC(=O)c3cccs3)c2)ccc1[N+](=O)[O-]. The van der Waals surface area contributed by atoms with Crippen LogP contribution in [0.25, 0.3) is 0 Å². The number of aryl methyl sites for hydroxylation is 1. The largest absolute Gasteiger partial charge is 0.322 e. The van der Waals surface area contributed by atoms with E-state index in [-0.39, 0.29) is 11.6 Å². The summed E-state index contributed by atoms with van der Waals surface area (Å²) >= 11 is 1.34. The first kappa shape index (κ1) is 18.3. The first-order chi connectivity index (χ1) is 12.9. The van der Waals surface area contributed by atoms with Crippen LogP contribution in [0.3, 0.4) is 0 Å². The molecule has 2 aromatic carbocycles. The highest BCUT2D eigenvalue weighted by atomic mass is 32.1. The van der Waals surface area contributed by atoms with Gasteiger partial charge in [-0.15, -0.1) is 11.3 Å². The van der Waals surface area contributed by atoms with Gasteiger partial charge in [0.2, 0.25) is 0 Å². The van der Waals surface area contributed by atoms with Crippen LogP contribution < -0.4 is 10.6 Å². The van der Waals surface area contributed by atoms with Crippen molar-refractivity contribution in [3.05, 3.63) is 86.1 Å². The number of benzene rings is 2. The molecule has 8 heteroatoms. The van der Waals surface area contributed by atoms with E-state index < -0.39 is 10.8 Å². The van der Waals surface area contributed by atoms with E-state index in [1.54, 1.807) is 43.3 Å². The zero-order valence-electron chi connectivity index (χ0n) is 14.3. The number of nitrogens with one attached hydrogen (secondary N) is 2. The van der Waals surface area contributed by atoms with Gasteiger partial charge in [-0.3, -0.25) is 19.7 Å². The molecule has 2 amide bonds. The first-order valence-corrected chi connectivity index (χ1v) is 8.83. The minimum atomic E-state index is -0.489. The van der Waals surface area contributed by atoms with Gasteiger partial charge in [0.05, 0.1) is 9.80 Å². The third kappa shape index (κ3) is 4.36. The maximum absolute atomic E-state index is 12.4. The molecule has 1 heterocycles. The average Bonchev–Trinajstić information content (AvgIpc) is 3.16. The highest BCUT2D eigenvalue weighted by Crippen LogP contribution is 2.21. The van der Waals surface area contributed by atoms with Crippen molar-refractivity contribution in [1.29, 1.82) is 0 Å². The second-order valence-corrected chi connectivity index (χ2v) is 6.67. The van der Waals surface area contributed by atoms with Crippen molar-refractivity contribution in [3.8, 4) is 0 Å². The van der Waals surface area contributed by atoms with Crippen LogP contribution in [0, 0.1) is 17.0 Å². The number of rotatable bonds is 5. The fourth-order valence-corrected chi connectivity index (χ4v) is 3.10. The molecule has 1 aromatic heterocycles. The number of amides is 2. The molecule has 0 aliphatic heterocycles. The van der Waals surface area contributed by atoms with Crippen LogP contribution >= 0.6 is 11.3 Å². The van der Waals surface area contributed by atoms with E-state index in [9.17, 15) is 19.7 Å². The summed E-state index contributed by atoms with van der Waals surface area (Å²) in [5, 5.41) is 18.2. The molecule has 0 fully saturated rings. The lowest BCUT2D eigenvalue weighted by Gasteiger charge is -2.09. The van der Waals surface area contributed by atoms with E-state index in [0.717, 1.165) is 0 Å². The lowest BCUT2D eigenvalue weighted by molar-refractivity contribution is -0.385. The Labute approximate surface area is 158 Å². The Kier molecular flexibility index (Phi) is 5.28. The van der Waals surface area contributed by atoms with Gasteiger partial charge in [-0.1, -0.05) is 12.1 Å². The van der Waals surface area contributed by atoms with Crippen molar-refractivity contribution in [2.75, 3.05) is 10.6 Å². The van der Waals surface area contributed by atoms with Gasteiger partial charge in [0, 0.05) is 28.6 Å². The molecular formula is C19H15N3O4S. The molecular weight excluding hydrogens is 366 g/mol. The van der Waals surface area contributed by atoms with Crippen LogP contribution in [0.1, 0.15) is 25.6 Å². The minimum Gasteiger partial charge on any atom is -0.322 e. The second kappa shape index (κ2) is 7.79. The minimum absolute atomic E-state index is 0.0372. The number of anilines is 2. The highest BCUT2D eigenvalue weighted by Gasteiger charge is 2.14. The monoisotopic (exact) mass is 381 g/mol. The molecule has 3 rings (SSSR count). The number of carbonyl (C=O) groups excluding carboxylic acids is 2. The fraction of sp³-hybridized carbons (Fsp3) is 0.0526. The molecule has 0 saturated heterocycles. The third-order valence-corrected chi connectivity index (χ3v) is 4.65. The van der Waals surface area contributed by atoms with Crippen molar-refractivity contribution in [3.63, 3.8) is 0 Å². The Hall–Kier alpha value is -3.52. The van der Waals surface area contributed by atoms with Crippen LogP contribution in [-0.4, -0.2) is 16.7 Å². The molecule has 0 bridgehead atoms. The number of hydrogen-bond acceptors (Lipinski definition) is 5. The van der Waals surface area contributed by atoms with Gasteiger partial charge >= 0.3 is 0 Å². The molecule has 0 atom stereocenters. The predicted octanol–water partition coefficient (Wildman–Crippen LogP) is 4.47. The molecule has 7 nitrogen and oxygen atoms in total. The van der Waals surface area contributed by atoms with Crippen LogP contribution in [0.4, 0.5) is 17.1 Å². The standard InChI is InChI=1S/C19H15N3O4S/c1-12-10-13(7-8-16(12)22(25)26)18(23)20-14-4-2-5-15(11-14)21-19(24)17-6-3-9-27-17/h2-11H,1H3,(H,20,23)(H,21,24). The summed E-state index contributed by atoms with van der Waals surface area (Å²) in [7, 11) is 0. The first-order valence-electron chi connectivity index (χ1n) is 7.95. The molecule has 0 aliphatic carbocycles. The van der Waals surface area contributed by atoms with Crippen LogP contribution in [0.2, 0.25) is 0 Å². The third-order valence-electron chi connectivity index (χ3n) is 3.78. The summed E-state index contributed by atoms with van der Waals surface area (Å²) in [6.07, 6.45) is 0. The van der Waals surface area contributed by atoms with Crippen molar-refractivity contribution in [2.24, 2.45) is 0 Å². The van der Waals surface area contributed by atoms with Crippen molar-refractivity contribution in [2.45, 2.75) is 6.92 Å². The van der Waals surface area contributed by atoms with E-state index >= 15 is 0 Å². The smallest absolute Gasteiger partial charge is 0.272 e. The van der Waals surface area contributed by atoms with Crippen molar-refractivity contribution in [1.82, 2.24) is 0 Å². The molecule has 136 valence electrons. The Morgan fingerprint density at radius 1 is 0.963 bits per heavy atom. The number of nitro benzene ring substituents is 1. The Bertz CT molecular complexity index is 1020.